The molecule has 1 saturated heterocycles. The van der Waals surface area contributed by atoms with Gasteiger partial charge in [-0.3, -0.25) is 4.40 Å². The molecule has 0 atom stereocenters. The SMILES string of the molecule is COc1ccc(-c2cn3ccc(N4CCCC4)nc3n2)cc1. The molecule has 0 radical (unpaired) electrons. The number of benzene rings is 1. The molecule has 0 saturated carbocycles. The van der Waals surface area contributed by atoms with E-state index in [1.807, 2.05) is 41.1 Å². The fourth-order valence-electron chi connectivity index (χ4n) is 2.89. The van der Waals surface area contributed by atoms with Gasteiger partial charge in [0, 0.05) is 31.0 Å². The molecule has 1 aliphatic heterocycles. The van der Waals surface area contributed by atoms with Crippen LogP contribution in [0.2, 0.25) is 0 Å². The Labute approximate surface area is 129 Å². The number of aromatic nitrogens is 3. The zero-order valence-corrected chi connectivity index (χ0v) is 12.6. The minimum atomic E-state index is 0.746. The minimum absolute atomic E-state index is 0.746. The average Bonchev–Trinajstić information content (AvgIpc) is 3.23. The van der Waals surface area contributed by atoms with E-state index >= 15 is 0 Å². The van der Waals surface area contributed by atoms with E-state index in [2.05, 4.69) is 16.0 Å². The zero-order chi connectivity index (χ0) is 14.9. The Bertz CT molecular complexity index is 788. The van der Waals surface area contributed by atoms with Crippen LogP contribution in [0.5, 0.6) is 5.75 Å². The van der Waals surface area contributed by atoms with E-state index in [1.54, 1.807) is 7.11 Å². The van der Waals surface area contributed by atoms with Crippen molar-refractivity contribution in [3.05, 3.63) is 42.7 Å². The highest BCUT2D eigenvalue weighted by molar-refractivity contribution is 5.63. The van der Waals surface area contributed by atoms with Crippen molar-refractivity contribution in [2.24, 2.45) is 0 Å². The molecule has 1 aromatic carbocycles. The van der Waals surface area contributed by atoms with Gasteiger partial charge in [-0.2, -0.15) is 4.98 Å². The monoisotopic (exact) mass is 294 g/mol. The number of ether oxygens (including phenoxy) is 1. The number of fused-ring (bicyclic) bond motifs is 1. The summed E-state index contributed by atoms with van der Waals surface area (Å²) in [5.74, 6) is 2.62. The maximum atomic E-state index is 5.19. The van der Waals surface area contributed by atoms with Crippen LogP contribution in [-0.4, -0.2) is 34.6 Å². The molecule has 5 nitrogen and oxygen atoms in total. The molecule has 1 aliphatic rings. The van der Waals surface area contributed by atoms with Gasteiger partial charge in [0.05, 0.1) is 12.8 Å². The Hall–Kier alpha value is -2.56. The molecule has 5 heteroatoms. The quantitative estimate of drug-likeness (QED) is 0.745. The Balaban J connectivity index is 1.70. The molecule has 3 aromatic rings. The molecule has 0 spiro atoms. The van der Waals surface area contributed by atoms with Crippen molar-refractivity contribution >= 4 is 11.6 Å². The largest absolute Gasteiger partial charge is 0.497 e. The third-order valence-electron chi connectivity index (χ3n) is 4.13. The molecule has 3 heterocycles. The van der Waals surface area contributed by atoms with Gasteiger partial charge < -0.3 is 9.64 Å². The highest BCUT2D eigenvalue weighted by Gasteiger charge is 2.14. The van der Waals surface area contributed by atoms with Crippen LogP contribution in [0.1, 0.15) is 12.8 Å². The van der Waals surface area contributed by atoms with Gasteiger partial charge in [0.1, 0.15) is 11.6 Å². The predicted molar refractivity (Wildman–Crippen MR) is 86.4 cm³/mol. The van der Waals surface area contributed by atoms with Gasteiger partial charge in [0.15, 0.2) is 0 Å². The minimum Gasteiger partial charge on any atom is -0.497 e. The van der Waals surface area contributed by atoms with Crippen molar-refractivity contribution in [2.75, 3.05) is 25.1 Å². The van der Waals surface area contributed by atoms with Crippen molar-refractivity contribution in [2.45, 2.75) is 12.8 Å². The number of hydrogen-bond acceptors (Lipinski definition) is 4. The first-order chi connectivity index (χ1) is 10.8. The molecular formula is C17H18N4O. The lowest BCUT2D eigenvalue weighted by Crippen LogP contribution is -2.19. The van der Waals surface area contributed by atoms with Crippen LogP contribution in [0, 0.1) is 0 Å². The summed E-state index contributed by atoms with van der Waals surface area (Å²) in [6.45, 7) is 2.18. The van der Waals surface area contributed by atoms with Crippen LogP contribution in [0.15, 0.2) is 42.7 Å². The van der Waals surface area contributed by atoms with Gasteiger partial charge in [-0.25, -0.2) is 4.98 Å². The van der Waals surface area contributed by atoms with E-state index in [-0.39, 0.29) is 0 Å². The Kier molecular flexibility index (Phi) is 3.18. The maximum Gasteiger partial charge on any atom is 0.236 e. The van der Waals surface area contributed by atoms with Gasteiger partial charge in [-0.05, 0) is 43.2 Å². The molecule has 0 unspecified atom stereocenters. The first-order valence-corrected chi connectivity index (χ1v) is 7.58. The number of nitrogens with zero attached hydrogens (tertiary/aromatic N) is 4. The summed E-state index contributed by atoms with van der Waals surface area (Å²) in [6.07, 6.45) is 6.55. The second kappa shape index (κ2) is 5.33. The van der Waals surface area contributed by atoms with E-state index in [1.165, 1.54) is 12.8 Å². The molecule has 0 bridgehead atoms. The first-order valence-electron chi connectivity index (χ1n) is 7.58. The molecule has 2 aromatic heterocycles. The topological polar surface area (TPSA) is 42.7 Å². The van der Waals surface area contributed by atoms with Crippen molar-refractivity contribution < 1.29 is 4.74 Å². The maximum absolute atomic E-state index is 5.19. The van der Waals surface area contributed by atoms with Crippen LogP contribution >= 0.6 is 0 Å². The van der Waals surface area contributed by atoms with Crippen LogP contribution in [-0.2, 0) is 0 Å². The van der Waals surface area contributed by atoms with Crippen LogP contribution < -0.4 is 9.64 Å². The zero-order valence-electron chi connectivity index (χ0n) is 12.6. The number of imidazole rings is 1. The van der Waals surface area contributed by atoms with Gasteiger partial charge in [0.25, 0.3) is 0 Å². The van der Waals surface area contributed by atoms with Crippen LogP contribution in [0.4, 0.5) is 5.82 Å². The fraction of sp³-hybridized carbons (Fsp3) is 0.294. The van der Waals surface area contributed by atoms with Crippen molar-refractivity contribution in [1.82, 2.24) is 14.4 Å². The summed E-state index contributed by atoms with van der Waals surface area (Å²) in [5, 5.41) is 0. The predicted octanol–water partition coefficient (Wildman–Crippen LogP) is 3.01. The van der Waals surface area contributed by atoms with E-state index in [0.717, 1.165) is 41.7 Å². The summed E-state index contributed by atoms with van der Waals surface area (Å²) in [6, 6.07) is 9.99. The van der Waals surface area contributed by atoms with Gasteiger partial charge >= 0.3 is 0 Å². The summed E-state index contributed by atoms with van der Waals surface area (Å²) in [5.41, 5.74) is 1.99. The van der Waals surface area contributed by atoms with Crippen molar-refractivity contribution in [3.8, 4) is 17.0 Å². The summed E-state index contributed by atoms with van der Waals surface area (Å²) in [7, 11) is 1.67. The number of hydrogen-bond donors (Lipinski definition) is 0. The third kappa shape index (κ3) is 2.28. The Morgan fingerprint density at radius 3 is 2.50 bits per heavy atom. The van der Waals surface area contributed by atoms with Crippen LogP contribution in [0.25, 0.3) is 17.0 Å². The fourth-order valence-corrected chi connectivity index (χ4v) is 2.89. The second-order valence-electron chi connectivity index (χ2n) is 5.54. The summed E-state index contributed by atoms with van der Waals surface area (Å²) >= 11 is 0. The van der Waals surface area contributed by atoms with E-state index < -0.39 is 0 Å². The average molecular weight is 294 g/mol. The molecule has 4 rings (SSSR count). The molecule has 0 aliphatic carbocycles. The molecule has 0 amide bonds. The van der Waals surface area contributed by atoms with E-state index in [4.69, 9.17) is 9.72 Å². The lowest BCUT2D eigenvalue weighted by Gasteiger charge is -2.15. The summed E-state index contributed by atoms with van der Waals surface area (Å²) < 4.78 is 7.16. The van der Waals surface area contributed by atoms with Crippen molar-refractivity contribution in [1.29, 1.82) is 0 Å². The first kappa shape index (κ1) is 13.1. The smallest absolute Gasteiger partial charge is 0.236 e. The molecule has 112 valence electrons. The Morgan fingerprint density at radius 1 is 1.00 bits per heavy atom. The second-order valence-corrected chi connectivity index (χ2v) is 5.54. The lowest BCUT2D eigenvalue weighted by molar-refractivity contribution is 0.415. The van der Waals surface area contributed by atoms with Gasteiger partial charge in [0.2, 0.25) is 5.78 Å². The molecule has 0 N–H and O–H groups in total. The molecule has 22 heavy (non-hydrogen) atoms. The number of methoxy groups -OCH3 is 1. The van der Waals surface area contributed by atoms with Gasteiger partial charge in [-0.15, -0.1) is 0 Å². The lowest BCUT2D eigenvalue weighted by atomic mass is 10.2. The molecular weight excluding hydrogens is 276 g/mol. The van der Waals surface area contributed by atoms with E-state index in [0.29, 0.717) is 0 Å². The van der Waals surface area contributed by atoms with E-state index in [9.17, 15) is 0 Å². The Morgan fingerprint density at radius 2 is 1.77 bits per heavy atom. The summed E-state index contributed by atoms with van der Waals surface area (Å²) in [4.78, 5) is 11.7. The normalized spacial score (nSPS) is 14.7. The number of anilines is 1. The highest BCUT2D eigenvalue weighted by Crippen LogP contribution is 2.23. The highest BCUT2D eigenvalue weighted by atomic mass is 16.5. The standard InChI is InChI=1S/C17H18N4O/c1-22-14-6-4-13(5-7-14)15-12-21-11-8-16(19-17(21)18-15)20-9-2-3-10-20/h4-8,11-12H,2-3,9-10H2,1H3. The van der Waals surface area contributed by atoms with Crippen molar-refractivity contribution in [3.63, 3.8) is 0 Å². The van der Waals surface area contributed by atoms with Gasteiger partial charge in [-0.1, -0.05) is 0 Å². The number of rotatable bonds is 3. The third-order valence-corrected chi connectivity index (χ3v) is 4.13. The molecule has 1 fully saturated rings. The van der Waals surface area contributed by atoms with Crippen LogP contribution in [0.3, 0.4) is 0 Å².